The van der Waals surface area contributed by atoms with Crippen LogP contribution in [0.4, 0.5) is 0 Å². The van der Waals surface area contributed by atoms with Crippen LogP contribution in [0.25, 0.3) is 0 Å². The van der Waals surface area contributed by atoms with E-state index in [1.54, 1.807) is 18.9 Å². The first kappa shape index (κ1) is 12.9. The Kier molecular flexibility index (Phi) is 3.70. The van der Waals surface area contributed by atoms with Gasteiger partial charge in [0.25, 0.3) is 0 Å². The molecule has 2 heterocycles. The van der Waals surface area contributed by atoms with Crippen molar-refractivity contribution < 1.29 is 4.79 Å². The molecule has 3 fully saturated rings. The largest absolute Gasteiger partial charge is 0.314 e. The fourth-order valence-electron chi connectivity index (χ4n) is 3.78. The number of nitrogens with one attached hydrogen (secondary N) is 2. The summed E-state index contributed by atoms with van der Waals surface area (Å²) in [5.41, 5.74) is 0. The molecule has 0 aromatic carbocycles. The summed E-state index contributed by atoms with van der Waals surface area (Å²) in [6.45, 7) is 5.18. The Morgan fingerprint density at radius 2 is 2.00 bits per heavy atom. The zero-order valence-electron chi connectivity index (χ0n) is 11.3. The van der Waals surface area contributed by atoms with Crippen LogP contribution in [-0.4, -0.2) is 29.7 Å². The molecule has 5 unspecified atom stereocenters. The maximum absolute atomic E-state index is 11.8. The smallest absolute Gasteiger partial charge is 0.144 e. The second-order valence-corrected chi connectivity index (χ2v) is 7.33. The molecule has 2 saturated heterocycles. The molecule has 0 amide bonds. The number of carbonyl (C=O) groups excluding carboxylic acids is 1. The summed E-state index contributed by atoms with van der Waals surface area (Å²) in [7, 11) is 0. The Hall–Kier alpha value is -0.0600. The molecule has 3 nitrogen and oxygen atoms in total. The molecule has 4 heteroatoms. The van der Waals surface area contributed by atoms with Crippen LogP contribution in [-0.2, 0) is 4.79 Å². The van der Waals surface area contributed by atoms with Gasteiger partial charge in [-0.3, -0.25) is 9.52 Å². The quantitative estimate of drug-likeness (QED) is 0.768. The van der Waals surface area contributed by atoms with Crippen molar-refractivity contribution in [3.63, 3.8) is 0 Å². The van der Waals surface area contributed by atoms with Crippen LogP contribution in [0.1, 0.15) is 39.5 Å². The number of carbonyl (C=O) groups is 1. The van der Waals surface area contributed by atoms with Crippen LogP contribution in [0.3, 0.4) is 0 Å². The number of piperidine rings is 1. The van der Waals surface area contributed by atoms with Crippen LogP contribution in [0.5, 0.6) is 0 Å². The first-order chi connectivity index (χ1) is 8.66. The molecule has 3 aliphatic rings. The number of ketones is 1. The van der Waals surface area contributed by atoms with E-state index in [-0.39, 0.29) is 5.25 Å². The molecule has 1 aliphatic carbocycles. The van der Waals surface area contributed by atoms with E-state index in [2.05, 4.69) is 17.0 Å². The van der Waals surface area contributed by atoms with E-state index in [4.69, 9.17) is 0 Å². The summed E-state index contributed by atoms with van der Waals surface area (Å²) in [4.78, 5) is 11.8. The highest BCUT2D eigenvalue weighted by Gasteiger charge is 2.50. The minimum absolute atomic E-state index is 0.215. The lowest BCUT2D eigenvalue weighted by Crippen LogP contribution is -2.45. The van der Waals surface area contributed by atoms with E-state index in [0.29, 0.717) is 23.8 Å². The molecule has 0 aromatic heterocycles. The van der Waals surface area contributed by atoms with Gasteiger partial charge in [0, 0.05) is 12.1 Å². The molecule has 5 atom stereocenters. The van der Waals surface area contributed by atoms with Crippen molar-refractivity contribution in [3.05, 3.63) is 0 Å². The number of hydrogen-bond acceptors (Lipinski definition) is 4. The Bertz CT molecular complexity index is 332. The minimum Gasteiger partial charge on any atom is -0.314 e. The molecule has 102 valence electrons. The third kappa shape index (κ3) is 2.47. The fraction of sp³-hybridized carbons (Fsp3) is 0.929. The van der Waals surface area contributed by atoms with Gasteiger partial charge in [0.2, 0.25) is 0 Å². The van der Waals surface area contributed by atoms with Gasteiger partial charge in [-0.2, -0.15) is 0 Å². The zero-order valence-corrected chi connectivity index (χ0v) is 12.1. The molecular weight excluding hydrogens is 244 g/mol. The van der Waals surface area contributed by atoms with Gasteiger partial charge in [-0.25, -0.2) is 0 Å². The van der Waals surface area contributed by atoms with E-state index in [1.165, 1.54) is 25.7 Å². The van der Waals surface area contributed by atoms with E-state index < -0.39 is 0 Å². The van der Waals surface area contributed by atoms with Crippen LogP contribution in [0.2, 0.25) is 0 Å². The van der Waals surface area contributed by atoms with Crippen molar-refractivity contribution in [2.45, 2.75) is 56.9 Å². The normalized spacial score (nSPS) is 45.1. The molecule has 1 saturated carbocycles. The minimum atomic E-state index is 0.215. The van der Waals surface area contributed by atoms with Crippen LogP contribution in [0, 0.1) is 17.8 Å². The molecule has 0 spiro atoms. The van der Waals surface area contributed by atoms with Crippen molar-refractivity contribution in [2.24, 2.45) is 17.8 Å². The van der Waals surface area contributed by atoms with Gasteiger partial charge in [-0.1, -0.05) is 11.9 Å². The van der Waals surface area contributed by atoms with Crippen molar-refractivity contribution in [1.29, 1.82) is 0 Å². The van der Waals surface area contributed by atoms with Crippen LogP contribution < -0.4 is 10.0 Å². The molecule has 18 heavy (non-hydrogen) atoms. The first-order valence-electron chi connectivity index (χ1n) is 7.32. The fourth-order valence-corrected chi connectivity index (χ4v) is 5.15. The van der Waals surface area contributed by atoms with E-state index >= 15 is 0 Å². The van der Waals surface area contributed by atoms with Crippen LogP contribution >= 0.6 is 11.9 Å². The molecule has 0 aromatic rings. The molecule has 2 aliphatic heterocycles. The Labute approximate surface area is 114 Å². The first-order valence-corrected chi connectivity index (χ1v) is 8.20. The second-order valence-electron chi connectivity index (χ2n) is 6.35. The van der Waals surface area contributed by atoms with Gasteiger partial charge < -0.3 is 5.32 Å². The maximum atomic E-state index is 11.8. The lowest BCUT2D eigenvalue weighted by molar-refractivity contribution is -0.117. The Morgan fingerprint density at radius 3 is 2.61 bits per heavy atom. The van der Waals surface area contributed by atoms with Gasteiger partial charge >= 0.3 is 0 Å². The third-order valence-corrected chi connectivity index (χ3v) is 6.14. The summed E-state index contributed by atoms with van der Waals surface area (Å²) in [6.07, 6.45) is 5.20. The van der Waals surface area contributed by atoms with Crippen LogP contribution in [0.15, 0.2) is 0 Å². The van der Waals surface area contributed by atoms with E-state index in [0.717, 1.165) is 18.4 Å². The van der Waals surface area contributed by atoms with Crippen molar-refractivity contribution in [2.75, 3.05) is 6.54 Å². The lowest BCUT2D eigenvalue weighted by atomic mass is 9.77. The third-order valence-electron chi connectivity index (χ3n) is 4.83. The molecule has 2 N–H and O–H groups in total. The van der Waals surface area contributed by atoms with Gasteiger partial charge in [0.05, 0.1) is 5.25 Å². The van der Waals surface area contributed by atoms with Crippen molar-refractivity contribution >= 4 is 17.7 Å². The summed E-state index contributed by atoms with van der Waals surface area (Å²) in [5.74, 6) is 2.54. The van der Waals surface area contributed by atoms with Gasteiger partial charge in [-0.05, 0) is 63.8 Å². The van der Waals surface area contributed by atoms with Gasteiger partial charge in [0.15, 0.2) is 0 Å². The highest BCUT2D eigenvalue weighted by molar-refractivity contribution is 7.99. The second kappa shape index (κ2) is 5.14. The monoisotopic (exact) mass is 268 g/mol. The number of hydrogen-bond donors (Lipinski definition) is 2. The molecule has 0 radical (unpaired) electrons. The average Bonchev–Trinajstić information content (AvgIpc) is 3.07. The Balaban J connectivity index is 1.72. The number of rotatable bonds is 3. The van der Waals surface area contributed by atoms with Crippen molar-refractivity contribution in [1.82, 2.24) is 10.0 Å². The SMILES string of the molecule is CC(=O)C1SNC(C2CCNC(C)C2)C1C1CC1. The lowest BCUT2D eigenvalue weighted by Gasteiger charge is -2.35. The zero-order chi connectivity index (χ0) is 12.7. The van der Waals surface area contributed by atoms with Crippen molar-refractivity contribution in [3.8, 4) is 0 Å². The standard InChI is InChI=1S/C14H24N2OS/c1-8-7-11(5-6-15-8)13-12(10-3-4-10)14(9(2)17)18-16-13/h8,10-16H,3-7H2,1-2H3. The van der Waals surface area contributed by atoms with Gasteiger partial charge in [0.1, 0.15) is 5.78 Å². The average molecular weight is 268 g/mol. The molecule has 0 bridgehead atoms. The summed E-state index contributed by atoms with van der Waals surface area (Å²) < 4.78 is 3.62. The van der Waals surface area contributed by atoms with Gasteiger partial charge in [-0.15, -0.1) is 0 Å². The summed E-state index contributed by atoms with van der Waals surface area (Å²) in [5, 5.41) is 3.74. The highest BCUT2D eigenvalue weighted by Crippen LogP contribution is 2.49. The number of Topliss-reactive ketones (excluding diaryl/α,β-unsaturated/α-hetero) is 1. The molecule has 3 rings (SSSR count). The predicted molar refractivity (Wildman–Crippen MR) is 75.4 cm³/mol. The van der Waals surface area contributed by atoms with E-state index in [1.807, 2.05) is 0 Å². The topological polar surface area (TPSA) is 41.1 Å². The predicted octanol–water partition coefficient (Wildman–Crippen LogP) is 1.98. The van der Waals surface area contributed by atoms with E-state index in [9.17, 15) is 4.79 Å². The summed E-state index contributed by atoms with van der Waals surface area (Å²) >= 11 is 1.71. The molecular formula is C14H24N2OS. The Morgan fingerprint density at radius 1 is 1.22 bits per heavy atom. The maximum Gasteiger partial charge on any atom is 0.144 e. The summed E-state index contributed by atoms with van der Waals surface area (Å²) in [6, 6.07) is 1.20. The highest BCUT2D eigenvalue weighted by atomic mass is 32.2.